The number of nitrogens with two attached hydrogens (primary N) is 1. The van der Waals surface area contributed by atoms with E-state index in [4.69, 9.17) is 10.3 Å². The van der Waals surface area contributed by atoms with Crippen LogP contribution in [0, 0.1) is 0 Å². The van der Waals surface area contributed by atoms with Crippen LogP contribution >= 0.6 is 11.3 Å². The Bertz CT molecular complexity index is 687. The molecule has 0 aliphatic heterocycles. The molecule has 3 heterocycles. The zero-order valence-electron chi connectivity index (χ0n) is 11.6. The lowest BCUT2D eigenvalue weighted by Crippen LogP contribution is -2.05. The molecule has 0 spiro atoms. The van der Waals surface area contributed by atoms with Gasteiger partial charge in [-0.05, 0) is 24.8 Å². The minimum Gasteiger partial charge on any atom is -0.339 e. The molecule has 0 bridgehead atoms. The smallest absolute Gasteiger partial charge is 0.227 e. The standard InChI is InChI=1S/C13H16N6OS/c1-9(14)10-8-19(18-16-10)6-2-5-12-15-13(17-20-12)11-4-3-7-21-11/h3-4,7-9H,2,5-6,14H2,1H3. The highest BCUT2D eigenvalue weighted by molar-refractivity contribution is 7.13. The molecule has 0 aliphatic rings. The van der Waals surface area contributed by atoms with Crippen LogP contribution in [-0.4, -0.2) is 25.1 Å². The van der Waals surface area contributed by atoms with E-state index in [0.29, 0.717) is 18.1 Å². The SMILES string of the molecule is CC(N)c1cn(CCCc2nc(-c3cccs3)no2)nn1. The van der Waals surface area contributed by atoms with E-state index >= 15 is 0 Å². The topological polar surface area (TPSA) is 95.7 Å². The van der Waals surface area contributed by atoms with Crippen LogP contribution in [0.4, 0.5) is 0 Å². The van der Waals surface area contributed by atoms with Gasteiger partial charge in [0.1, 0.15) is 0 Å². The van der Waals surface area contributed by atoms with E-state index < -0.39 is 0 Å². The third-order valence-corrected chi connectivity index (χ3v) is 3.88. The van der Waals surface area contributed by atoms with Gasteiger partial charge in [0, 0.05) is 19.0 Å². The molecule has 110 valence electrons. The average Bonchev–Trinajstić information content (AvgIpc) is 3.20. The maximum absolute atomic E-state index is 5.75. The van der Waals surface area contributed by atoms with Crippen molar-refractivity contribution in [2.45, 2.75) is 32.4 Å². The number of hydrogen-bond donors (Lipinski definition) is 1. The molecule has 0 amide bonds. The Hall–Kier alpha value is -2.06. The van der Waals surface area contributed by atoms with E-state index in [-0.39, 0.29) is 6.04 Å². The molecule has 8 heteroatoms. The summed E-state index contributed by atoms with van der Waals surface area (Å²) in [7, 11) is 0. The van der Waals surface area contributed by atoms with Gasteiger partial charge >= 0.3 is 0 Å². The maximum Gasteiger partial charge on any atom is 0.227 e. The van der Waals surface area contributed by atoms with Gasteiger partial charge in [0.25, 0.3) is 0 Å². The van der Waals surface area contributed by atoms with Crippen molar-refractivity contribution in [2.75, 3.05) is 0 Å². The molecule has 0 aromatic carbocycles. The first-order valence-corrected chi connectivity index (χ1v) is 7.62. The van der Waals surface area contributed by atoms with Gasteiger partial charge in [0.05, 0.1) is 16.8 Å². The van der Waals surface area contributed by atoms with E-state index in [2.05, 4.69) is 20.5 Å². The Balaban J connectivity index is 1.53. The lowest BCUT2D eigenvalue weighted by molar-refractivity contribution is 0.371. The van der Waals surface area contributed by atoms with Crippen LogP contribution in [-0.2, 0) is 13.0 Å². The van der Waals surface area contributed by atoms with Gasteiger partial charge in [-0.3, -0.25) is 4.68 Å². The molecule has 3 aromatic rings. The molecule has 7 nitrogen and oxygen atoms in total. The Morgan fingerprint density at radius 3 is 3.10 bits per heavy atom. The van der Waals surface area contributed by atoms with Crippen LogP contribution in [0.2, 0.25) is 0 Å². The van der Waals surface area contributed by atoms with Crippen molar-refractivity contribution in [1.29, 1.82) is 0 Å². The minimum atomic E-state index is -0.0944. The second-order valence-corrected chi connectivity index (χ2v) is 5.74. The first-order valence-electron chi connectivity index (χ1n) is 6.74. The first kappa shape index (κ1) is 13.9. The zero-order valence-corrected chi connectivity index (χ0v) is 12.5. The molecule has 0 radical (unpaired) electrons. The number of thiophene rings is 1. The maximum atomic E-state index is 5.75. The largest absolute Gasteiger partial charge is 0.339 e. The van der Waals surface area contributed by atoms with Crippen LogP contribution in [0.1, 0.15) is 31.0 Å². The Morgan fingerprint density at radius 1 is 1.48 bits per heavy atom. The van der Waals surface area contributed by atoms with Crippen LogP contribution in [0.5, 0.6) is 0 Å². The molecule has 0 saturated heterocycles. The molecule has 2 N–H and O–H groups in total. The highest BCUT2D eigenvalue weighted by atomic mass is 32.1. The fourth-order valence-corrected chi connectivity index (χ4v) is 2.54. The number of aromatic nitrogens is 5. The number of nitrogens with zero attached hydrogens (tertiary/aromatic N) is 5. The van der Waals surface area contributed by atoms with Gasteiger partial charge in [-0.1, -0.05) is 16.4 Å². The summed E-state index contributed by atoms with van der Waals surface area (Å²) in [6.45, 7) is 2.63. The summed E-state index contributed by atoms with van der Waals surface area (Å²) < 4.78 is 7.04. The van der Waals surface area contributed by atoms with Crippen molar-refractivity contribution in [3.05, 3.63) is 35.3 Å². The van der Waals surface area contributed by atoms with Gasteiger partial charge in [-0.15, -0.1) is 16.4 Å². The first-order chi connectivity index (χ1) is 10.2. The van der Waals surface area contributed by atoms with E-state index in [1.807, 2.05) is 30.6 Å². The van der Waals surface area contributed by atoms with Crippen molar-refractivity contribution in [1.82, 2.24) is 25.1 Å². The molecule has 3 aromatic heterocycles. The Morgan fingerprint density at radius 2 is 2.38 bits per heavy atom. The minimum absolute atomic E-state index is 0.0944. The summed E-state index contributed by atoms with van der Waals surface area (Å²) in [5.74, 6) is 1.30. The zero-order chi connectivity index (χ0) is 14.7. The van der Waals surface area contributed by atoms with Crippen molar-refractivity contribution in [2.24, 2.45) is 5.73 Å². The van der Waals surface area contributed by atoms with Crippen molar-refractivity contribution in [3.8, 4) is 10.7 Å². The number of rotatable bonds is 6. The fourth-order valence-electron chi connectivity index (χ4n) is 1.89. The van der Waals surface area contributed by atoms with Crippen LogP contribution in [0.3, 0.4) is 0 Å². The van der Waals surface area contributed by atoms with Crippen LogP contribution in [0.25, 0.3) is 10.7 Å². The molecular formula is C13H16N6OS. The van der Waals surface area contributed by atoms with E-state index in [0.717, 1.165) is 23.5 Å². The molecule has 0 aliphatic carbocycles. The molecule has 0 fully saturated rings. The lowest BCUT2D eigenvalue weighted by Gasteiger charge is -1.98. The predicted octanol–water partition coefficient (Wildman–Crippen LogP) is 2.04. The summed E-state index contributed by atoms with van der Waals surface area (Å²) in [5, 5.41) is 14.0. The molecule has 0 saturated carbocycles. The quantitative estimate of drug-likeness (QED) is 0.748. The highest BCUT2D eigenvalue weighted by Gasteiger charge is 2.10. The molecule has 1 atom stereocenters. The monoisotopic (exact) mass is 304 g/mol. The third kappa shape index (κ3) is 3.34. The van der Waals surface area contributed by atoms with E-state index in [1.54, 1.807) is 16.0 Å². The summed E-state index contributed by atoms with van der Waals surface area (Å²) >= 11 is 1.60. The molecule has 21 heavy (non-hydrogen) atoms. The van der Waals surface area contributed by atoms with Crippen molar-refractivity contribution in [3.63, 3.8) is 0 Å². The number of hydrogen-bond acceptors (Lipinski definition) is 7. The van der Waals surface area contributed by atoms with E-state index in [1.165, 1.54) is 0 Å². The summed E-state index contributed by atoms with van der Waals surface area (Å²) in [5.41, 5.74) is 6.55. The third-order valence-electron chi connectivity index (χ3n) is 3.01. The summed E-state index contributed by atoms with van der Waals surface area (Å²) in [6.07, 6.45) is 3.44. The normalized spacial score (nSPS) is 12.7. The second kappa shape index (κ2) is 6.15. The molecular weight excluding hydrogens is 288 g/mol. The lowest BCUT2D eigenvalue weighted by atomic mass is 10.3. The average molecular weight is 304 g/mol. The van der Waals surface area contributed by atoms with Gasteiger partial charge < -0.3 is 10.3 Å². The molecule has 3 rings (SSSR count). The summed E-state index contributed by atoms with van der Waals surface area (Å²) in [4.78, 5) is 5.40. The summed E-state index contributed by atoms with van der Waals surface area (Å²) in [6, 6.07) is 3.85. The molecule has 1 unspecified atom stereocenters. The van der Waals surface area contributed by atoms with Crippen LogP contribution in [0.15, 0.2) is 28.2 Å². The van der Waals surface area contributed by atoms with Gasteiger partial charge in [-0.2, -0.15) is 4.98 Å². The van der Waals surface area contributed by atoms with Gasteiger partial charge in [-0.25, -0.2) is 0 Å². The second-order valence-electron chi connectivity index (χ2n) is 4.79. The number of aryl methyl sites for hydroxylation is 2. The van der Waals surface area contributed by atoms with E-state index in [9.17, 15) is 0 Å². The van der Waals surface area contributed by atoms with Crippen LogP contribution < -0.4 is 5.73 Å². The predicted molar refractivity (Wildman–Crippen MR) is 78.6 cm³/mol. The highest BCUT2D eigenvalue weighted by Crippen LogP contribution is 2.21. The fraction of sp³-hybridized carbons (Fsp3) is 0.385. The van der Waals surface area contributed by atoms with Crippen molar-refractivity contribution >= 4 is 11.3 Å². The Kier molecular flexibility index (Phi) is 4.07. The van der Waals surface area contributed by atoms with Gasteiger partial charge in [0.15, 0.2) is 0 Å². The Labute approximate surface area is 125 Å². The van der Waals surface area contributed by atoms with Crippen molar-refractivity contribution < 1.29 is 4.52 Å². The van der Waals surface area contributed by atoms with Gasteiger partial charge in [0.2, 0.25) is 11.7 Å².